The SMILES string of the molecule is O=C(O)c1ccc(CNC(=O)c2ccc(N3CCOCC3)c([N+](=O)[O-])c2)cc1. The Labute approximate surface area is 160 Å². The summed E-state index contributed by atoms with van der Waals surface area (Å²) >= 11 is 0. The van der Waals surface area contributed by atoms with Gasteiger partial charge in [0, 0.05) is 31.3 Å². The predicted molar refractivity (Wildman–Crippen MR) is 101 cm³/mol. The van der Waals surface area contributed by atoms with Gasteiger partial charge in [-0.1, -0.05) is 12.1 Å². The van der Waals surface area contributed by atoms with E-state index < -0.39 is 16.8 Å². The lowest BCUT2D eigenvalue weighted by atomic mass is 10.1. The van der Waals surface area contributed by atoms with E-state index in [0.717, 1.165) is 5.56 Å². The highest BCUT2D eigenvalue weighted by Crippen LogP contribution is 2.30. The molecular formula is C19H19N3O6. The molecule has 0 aliphatic carbocycles. The Morgan fingerprint density at radius 3 is 2.36 bits per heavy atom. The van der Waals surface area contributed by atoms with Gasteiger partial charge in [-0.15, -0.1) is 0 Å². The number of amides is 1. The molecule has 9 nitrogen and oxygen atoms in total. The highest BCUT2D eigenvalue weighted by molar-refractivity contribution is 5.95. The first-order chi connectivity index (χ1) is 13.5. The maximum Gasteiger partial charge on any atom is 0.335 e. The molecule has 1 saturated heterocycles. The largest absolute Gasteiger partial charge is 0.478 e. The number of nitro benzene ring substituents is 1. The minimum atomic E-state index is -1.02. The molecule has 0 radical (unpaired) electrons. The Bertz CT molecular complexity index is 891. The molecule has 0 unspecified atom stereocenters. The fourth-order valence-corrected chi connectivity index (χ4v) is 2.93. The van der Waals surface area contributed by atoms with Gasteiger partial charge in [0.25, 0.3) is 11.6 Å². The van der Waals surface area contributed by atoms with Crippen LogP contribution in [0, 0.1) is 10.1 Å². The Morgan fingerprint density at radius 2 is 1.75 bits per heavy atom. The number of nitro groups is 1. The van der Waals surface area contributed by atoms with Crippen LogP contribution >= 0.6 is 0 Å². The van der Waals surface area contributed by atoms with Crippen molar-refractivity contribution in [2.45, 2.75) is 6.54 Å². The smallest absolute Gasteiger partial charge is 0.335 e. The van der Waals surface area contributed by atoms with E-state index in [1.54, 1.807) is 24.3 Å². The Kier molecular flexibility index (Phi) is 5.85. The second-order valence-corrected chi connectivity index (χ2v) is 6.24. The van der Waals surface area contributed by atoms with Crippen LogP contribution in [0.2, 0.25) is 0 Å². The maximum atomic E-state index is 12.4. The standard InChI is InChI=1S/C19H19N3O6/c23-18(20-12-13-1-3-14(4-2-13)19(24)25)15-5-6-16(17(11-15)22(26)27)21-7-9-28-10-8-21/h1-6,11H,7-10,12H2,(H,20,23)(H,24,25). The summed E-state index contributed by atoms with van der Waals surface area (Å²) in [4.78, 5) is 36.1. The molecule has 1 aliphatic heterocycles. The number of carbonyl (C=O) groups excluding carboxylic acids is 1. The fourth-order valence-electron chi connectivity index (χ4n) is 2.93. The van der Waals surface area contributed by atoms with Crippen molar-refractivity contribution >= 4 is 23.3 Å². The van der Waals surface area contributed by atoms with Crippen molar-refractivity contribution in [3.05, 3.63) is 69.3 Å². The summed E-state index contributed by atoms with van der Waals surface area (Å²) in [6, 6.07) is 10.5. The van der Waals surface area contributed by atoms with Crippen molar-refractivity contribution in [1.29, 1.82) is 0 Å². The summed E-state index contributed by atoms with van der Waals surface area (Å²) in [6.07, 6.45) is 0. The van der Waals surface area contributed by atoms with Gasteiger partial charge in [0.15, 0.2) is 0 Å². The second kappa shape index (κ2) is 8.49. The van der Waals surface area contributed by atoms with E-state index >= 15 is 0 Å². The first-order valence-corrected chi connectivity index (χ1v) is 8.67. The van der Waals surface area contributed by atoms with Gasteiger partial charge < -0.3 is 20.1 Å². The zero-order valence-corrected chi connectivity index (χ0v) is 15.0. The first-order valence-electron chi connectivity index (χ1n) is 8.67. The number of nitrogens with one attached hydrogen (secondary N) is 1. The topological polar surface area (TPSA) is 122 Å². The Hall–Kier alpha value is -3.46. The summed E-state index contributed by atoms with van der Waals surface area (Å²) < 4.78 is 5.27. The number of nitrogens with zero attached hydrogens (tertiary/aromatic N) is 2. The molecule has 0 atom stereocenters. The summed E-state index contributed by atoms with van der Waals surface area (Å²) in [5, 5.41) is 23.1. The summed E-state index contributed by atoms with van der Waals surface area (Å²) in [5.41, 5.74) is 1.41. The third kappa shape index (κ3) is 4.44. The predicted octanol–water partition coefficient (Wildman–Crippen LogP) is 2.06. The van der Waals surface area contributed by atoms with Crippen molar-refractivity contribution in [2.24, 2.45) is 0 Å². The molecule has 28 heavy (non-hydrogen) atoms. The van der Waals surface area contributed by atoms with Crippen molar-refractivity contribution in [1.82, 2.24) is 5.32 Å². The number of carboxylic acid groups (broad SMARTS) is 1. The van der Waals surface area contributed by atoms with Gasteiger partial charge in [0.05, 0.1) is 23.7 Å². The van der Waals surface area contributed by atoms with E-state index in [-0.39, 0.29) is 23.4 Å². The van der Waals surface area contributed by atoms with Crippen molar-refractivity contribution in [3.8, 4) is 0 Å². The van der Waals surface area contributed by atoms with Crippen molar-refractivity contribution in [2.75, 3.05) is 31.2 Å². The molecule has 3 rings (SSSR count). The van der Waals surface area contributed by atoms with Crippen LogP contribution in [0.3, 0.4) is 0 Å². The summed E-state index contributed by atoms with van der Waals surface area (Å²) in [7, 11) is 0. The van der Waals surface area contributed by atoms with E-state index in [4.69, 9.17) is 9.84 Å². The third-order valence-electron chi connectivity index (χ3n) is 4.44. The van der Waals surface area contributed by atoms with Crippen LogP contribution in [0.15, 0.2) is 42.5 Å². The number of carbonyl (C=O) groups is 2. The lowest BCUT2D eigenvalue weighted by molar-refractivity contribution is -0.384. The monoisotopic (exact) mass is 385 g/mol. The third-order valence-corrected chi connectivity index (χ3v) is 4.44. The molecule has 0 aromatic heterocycles. The van der Waals surface area contributed by atoms with Crippen LogP contribution < -0.4 is 10.2 Å². The van der Waals surface area contributed by atoms with Gasteiger partial charge in [-0.25, -0.2) is 4.79 Å². The zero-order chi connectivity index (χ0) is 20.1. The van der Waals surface area contributed by atoms with Crippen LogP contribution in [0.4, 0.5) is 11.4 Å². The van der Waals surface area contributed by atoms with Gasteiger partial charge in [-0.05, 0) is 29.8 Å². The van der Waals surface area contributed by atoms with Crippen molar-refractivity contribution < 1.29 is 24.4 Å². The van der Waals surface area contributed by atoms with Gasteiger partial charge >= 0.3 is 5.97 Å². The van der Waals surface area contributed by atoms with E-state index in [1.807, 2.05) is 4.90 Å². The number of hydrogen-bond donors (Lipinski definition) is 2. The molecule has 2 N–H and O–H groups in total. The van der Waals surface area contributed by atoms with Gasteiger partial charge in [0.1, 0.15) is 5.69 Å². The highest BCUT2D eigenvalue weighted by Gasteiger charge is 2.23. The van der Waals surface area contributed by atoms with Crippen molar-refractivity contribution in [3.63, 3.8) is 0 Å². The Balaban J connectivity index is 1.71. The normalized spacial score (nSPS) is 13.8. The molecule has 2 aromatic rings. The summed E-state index contributed by atoms with van der Waals surface area (Å²) in [5.74, 6) is -1.47. The van der Waals surface area contributed by atoms with Crippen LogP contribution in [0.1, 0.15) is 26.3 Å². The van der Waals surface area contributed by atoms with Crippen LogP contribution in [-0.2, 0) is 11.3 Å². The number of carboxylic acids is 1. The number of morpholine rings is 1. The molecule has 1 heterocycles. The molecule has 9 heteroatoms. The molecule has 1 aliphatic rings. The molecule has 2 aromatic carbocycles. The first kappa shape index (κ1) is 19.3. The molecule has 1 fully saturated rings. The molecule has 0 bridgehead atoms. The highest BCUT2D eigenvalue weighted by atomic mass is 16.6. The van der Waals surface area contributed by atoms with Gasteiger partial charge in [0.2, 0.25) is 0 Å². The molecular weight excluding hydrogens is 366 g/mol. The molecule has 1 amide bonds. The molecule has 146 valence electrons. The van der Waals surface area contributed by atoms with E-state index in [9.17, 15) is 19.7 Å². The van der Waals surface area contributed by atoms with Crippen LogP contribution in [0.5, 0.6) is 0 Å². The number of benzene rings is 2. The minimum absolute atomic E-state index is 0.125. The van der Waals surface area contributed by atoms with Gasteiger partial charge in [-0.3, -0.25) is 14.9 Å². The number of anilines is 1. The fraction of sp³-hybridized carbons (Fsp3) is 0.263. The van der Waals surface area contributed by atoms with E-state index in [0.29, 0.717) is 32.0 Å². The van der Waals surface area contributed by atoms with E-state index in [1.165, 1.54) is 18.2 Å². The Morgan fingerprint density at radius 1 is 1.11 bits per heavy atom. The zero-order valence-electron chi connectivity index (χ0n) is 15.0. The molecule has 0 saturated carbocycles. The maximum absolute atomic E-state index is 12.4. The number of ether oxygens (including phenoxy) is 1. The second-order valence-electron chi connectivity index (χ2n) is 6.24. The number of rotatable bonds is 6. The lowest BCUT2D eigenvalue weighted by Gasteiger charge is -2.28. The van der Waals surface area contributed by atoms with Gasteiger partial charge in [-0.2, -0.15) is 0 Å². The van der Waals surface area contributed by atoms with Crippen LogP contribution in [-0.4, -0.2) is 48.2 Å². The quantitative estimate of drug-likeness (QED) is 0.576. The lowest BCUT2D eigenvalue weighted by Crippen LogP contribution is -2.36. The minimum Gasteiger partial charge on any atom is -0.478 e. The number of aromatic carboxylic acids is 1. The molecule has 0 spiro atoms. The summed E-state index contributed by atoms with van der Waals surface area (Å²) in [6.45, 7) is 2.29. The average Bonchev–Trinajstić information content (AvgIpc) is 2.72. The van der Waals surface area contributed by atoms with E-state index in [2.05, 4.69) is 5.32 Å². The van der Waals surface area contributed by atoms with Crippen LogP contribution in [0.25, 0.3) is 0 Å². The number of hydrogen-bond acceptors (Lipinski definition) is 6. The average molecular weight is 385 g/mol.